The fourth-order valence-corrected chi connectivity index (χ4v) is 4.60. The lowest BCUT2D eigenvalue weighted by atomic mass is 10.1. The van der Waals surface area contributed by atoms with E-state index in [1.54, 1.807) is 11.8 Å². The number of thioether (sulfide) groups is 1. The first-order valence-corrected chi connectivity index (χ1v) is 10.9. The zero-order chi connectivity index (χ0) is 19.8. The highest BCUT2D eigenvalue weighted by molar-refractivity contribution is 8.00. The van der Waals surface area contributed by atoms with Gasteiger partial charge in [0.2, 0.25) is 5.91 Å². The molecule has 4 nitrogen and oxygen atoms in total. The van der Waals surface area contributed by atoms with Crippen LogP contribution in [0.4, 0.5) is 0 Å². The van der Waals surface area contributed by atoms with Crippen LogP contribution in [0.1, 0.15) is 17.2 Å². The predicted molar refractivity (Wildman–Crippen MR) is 118 cm³/mol. The van der Waals surface area contributed by atoms with E-state index in [1.807, 2.05) is 48.3 Å². The molecule has 0 radical (unpaired) electrons. The molecule has 0 aromatic heterocycles. The van der Waals surface area contributed by atoms with Crippen molar-refractivity contribution in [1.29, 1.82) is 0 Å². The summed E-state index contributed by atoms with van der Waals surface area (Å²) in [5, 5.41) is -0.211. The molecule has 1 unspecified atom stereocenters. The van der Waals surface area contributed by atoms with Crippen LogP contribution in [-0.4, -0.2) is 74.0 Å². The molecule has 0 spiro atoms. The lowest BCUT2D eigenvalue weighted by Crippen LogP contribution is -2.45. The summed E-state index contributed by atoms with van der Waals surface area (Å²) in [6.07, 6.45) is 1.02. The Labute approximate surface area is 173 Å². The summed E-state index contributed by atoms with van der Waals surface area (Å²) in [6, 6.07) is 20.3. The molecule has 1 heterocycles. The molecule has 1 saturated heterocycles. The average Bonchev–Trinajstić information content (AvgIpc) is 2.74. The molecular formula is C23H31N3OS. The molecule has 5 heteroatoms. The van der Waals surface area contributed by atoms with Crippen LogP contribution in [0.15, 0.2) is 65.6 Å². The molecular weight excluding hydrogens is 366 g/mol. The van der Waals surface area contributed by atoms with E-state index >= 15 is 0 Å². The molecule has 28 heavy (non-hydrogen) atoms. The first-order chi connectivity index (χ1) is 13.6. The molecule has 0 N–H and O–H groups in total. The fourth-order valence-electron chi connectivity index (χ4n) is 3.44. The fraction of sp³-hybridized carbons (Fsp3) is 0.435. The van der Waals surface area contributed by atoms with Crippen molar-refractivity contribution in [2.75, 3.05) is 53.4 Å². The number of piperazine rings is 1. The van der Waals surface area contributed by atoms with Crippen LogP contribution in [-0.2, 0) is 4.79 Å². The summed E-state index contributed by atoms with van der Waals surface area (Å²) in [5.74, 6) is 0.179. The number of carbonyl (C=O) groups excluding carboxylic acids is 1. The molecule has 1 amide bonds. The molecule has 0 saturated carbocycles. The Hall–Kier alpha value is -1.82. The highest BCUT2D eigenvalue weighted by Crippen LogP contribution is 2.36. The summed E-state index contributed by atoms with van der Waals surface area (Å²) in [4.78, 5) is 21.2. The smallest absolute Gasteiger partial charge is 0.240 e. The Balaban J connectivity index is 1.58. The van der Waals surface area contributed by atoms with Crippen LogP contribution >= 0.6 is 11.8 Å². The largest absolute Gasteiger partial charge is 0.344 e. The van der Waals surface area contributed by atoms with Crippen molar-refractivity contribution >= 4 is 17.7 Å². The van der Waals surface area contributed by atoms with Gasteiger partial charge in [0.05, 0.1) is 0 Å². The maximum absolute atomic E-state index is 13.3. The van der Waals surface area contributed by atoms with Crippen molar-refractivity contribution in [3.8, 4) is 0 Å². The molecule has 0 bridgehead atoms. The van der Waals surface area contributed by atoms with Crippen molar-refractivity contribution < 1.29 is 4.79 Å². The predicted octanol–water partition coefficient (Wildman–Crippen LogP) is 3.62. The van der Waals surface area contributed by atoms with Gasteiger partial charge in [-0.15, -0.1) is 11.8 Å². The van der Waals surface area contributed by atoms with Crippen LogP contribution in [0.25, 0.3) is 0 Å². The second kappa shape index (κ2) is 10.6. The highest BCUT2D eigenvalue weighted by Gasteiger charge is 2.25. The third-order valence-electron chi connectivity index (χ3n) is 5.26. The van der Waals surface area contributed by atoms with Crippen molar-refractivity contribution in [2.45, 2.75) is 16.6 Å². The normalized spacial score (nSPS) is 16.6. The van der Waals surface area contributed by atoms with Crippen LogP contribution in [0.2, 0.25) is 0 Å². The summed E-state index contributed by atoms with van der Waals surface area (Å²) in [5.41, 5.74) is 1.06. The monoisotopic (exact) mass is 397 g/mol. The second-order valence-corrected chi connectivity index (χ2v) is 8.66. The van der Waals surface area contributed by atoms with Crippen molar-refractivity contribution in [1.82, 2.24) is 14.7 Å². The summed E-state index contributed by atoms with van der Waals surface area (Å²) in [6.45, 7) is 6.39. The first kappa shape index (κ1) is 20.9. The minimum Gasteiger partial charge on any atom is -0.344 e. The molecule has 150 valence electrons. The number of hydrogen-bond donors (Lipinski definition) is 0. The molecule has 1 aliphatic heterocycles. The summed E-state index contributed by atoms with van der Waals surface area (Å²) in [7, 11) is 4.12. The maximum Gasteiger partial charge on any atom is 0.240 e. The van der Waals surface area contributed by atoms with E-state index in [1.165, 1.54) is 0 Å². The van der Waals surface area contributed by atoms with Gasteiger partial charge in [0.15, 0.2) is 0 Å². The first-order valence-electron chi connectivity index (χ1n) is 10.1. The van der Waals surface area contributed by atoms with Gasteiger partial charge in [-0.1, -0.05) is 48.5 Å². The van der Waals surface area contributed by atoms with E-state index in [9.17, 15) is 4.79 Å². The SMILES string of the molecule is CN1CCN(CCCN(C)C(=O)C(Sc2ccccc2)c2ccccc2)CC1. The molecule has 0 aliphatic carbocycles. The Bertz CT molecular complexity index is 717. The van der Waals surface area contributed by atoms with Gasteiger partial charge in [-0.05, 0) is 37.7 Å². The summed E-state index contributed by atoms with van der Waals surface area (Å²) < 4.78 is 0. The lowest BCUT2D eigenvalue weighted by Gasteiger charge is -2.32. The maximum atomic E-state index is 13.3. The quantitative estimate of drug-likeness (QED) is 0.636. The van der Waals surface area contributed by atoms with Gasteiger partial charge < -0.3 is 14.7 Å². The topological polar surface area (TPSA) is 26.8 Å². The number of amides is 1. The third kappa shape index (κ3) is 6.09. The Kier molecular flexibility index (Phi) is 7.95. The summed E-state index contributed by atoms with van der Waals surface area (Å²) >= 11 is 1.63. The third-order valence-corrected chi connectivity index (χ3v) is 6.52. The van der Waals surface area contributed by atoms with E-state index in [0.717, 1.165) is 56.1 Å². The minimum absolute atomic E-state index is 0.179. The Morgan fingerprint density at radius 3 is 2.25 bits per heavy atom. The molecule has 1 atom stereocenters. The number of hydrogen-bond acceptors (Lipinski definition) is 4. The number of carbonyl (C=O) groups is 1. The van der Waals surface area contributed by atoms with E-state index in [-0.39, 0.29) is 11.2 Å². The average molecular weight is 398 g/mol. The van der Waals surface area contributed by atoms with E-state index in [0.29, 0.717) is 0 Å². The zero-order valence-electron chi connectivity index (χ0n) is 17.0. The number of rotatable bonds is 8. The van der Waals surface area contributed by atoms with Crippen LogP contribution in [0, 0.1) is 0 Å². The number of likely N-dealkylation sites (N-methyl/N-ethyl adjacent to an activating group) is 2. The standard InChI is InChI=1S/C23H31N3OS/c1-24-16-18-26(19-17-24)15-9-14-25(2)23(27)22(20-10-5-3-6-11-20)28-21-12-7-4-8-13-21/h3-8,10-13,22H,9,14-19H2,1-2H3. The Morgan fingerprint density at radius 2 is 1.61 bits per heavy atom. The van der Waals surface area contributed by atoms with Gasteiger partial charge in [0.25, 0.3) is 0 Å². The van der Waals surface area contributed by atoms with Gasteiger partial charge in [0.1, 0.15) is 5.25 Å². The van der Waals surface area contributed by atoms with Crippen LogP contribution in [0.3, 0.4) is 0 Å². The lowest BCUT2D eigenvalue weighted by molar-refractivity contribution is -0.129. The number of benzene rings is 2. The molecule has 3 rings (SSSR count). The van der Waals surface area contributed by atoms with E-state index in [4.69, 9.17) is 0 Å². The van der Waals surface area contributed by atoms with E-state index in [2.05, 4.69) is 41.1 Å². The van der Waals surface area contributed by atoms with Crippen LogP contribution in [0.5, 0.6) is 0 Å². The highest BCUT2D eigenvalue weighted by atomic mass is 32.2. The van der Waals surface area contributed by atoms with Crippen LogP contribution < -0.4 is 0 Å². The van der Waals surface area contributed by atoms with Gasteiger partial charge in [-0.25, -0.2) is 0 Å². The van der Waals surface area contributed by atoms with Gasteiger partial charge >= 0.3 is 0 Å². The molecule has 2 aromatic carbocycles. The molecule has 1 aliphatic rings. The number of nitrogens with zero attached hydrogens (tertiary/aromatic N) is 3. The zero-order valence-corrected chi connectivity index (χ0v) is 17.8. The van der Waals surface area contributed by atoms with Crippen molar-refractivity contribution in [3.05, 3.63) is 66.2 Å². The Morgan fingerprint density at radius 1 is 1.00 bits per heavy atom. The van der Waals surface area contributed by atoms with Gasteiger partial charge in [-0.2, -0.15) is 0 Å². The molecule has 2 aromatic rings. The van der Waals surface area contributed by atoms with Gasteiger partial charge in [-0.3, -0.25) is 4.79 Å². The van der Waals surface area contributed by atoms with Crippen molar-refractivity contribution in [2.24, 2.45) is 0 Å². The van der Waals surface area contributed by atoms with E-state index < -0.39 is 0 Å². The van der Waals surface area contributed by atoms with Crippen molar-refractivity contribution in [3.63, 3.8) is 0 Å². The molecule has 1 fully saturated rings. The van der Waals surface area contributed by atoms with Gasteiger partial charge in [0, 0.05) is 44.7 Å². The second-order valence-electron chi connectivity index (χ2n) is 7.48. The minimum atomic E-state index is -0.211.